The number of aryl methyl sites for hydroxylation is 2. The van der Waals surface area contributed by atoms with E-state index in [2.05, 4.69) is 36.9 Å². The maximum Gasteiger partial charge on any atom is 0.204 e. The Morgan fingerprint density at radius 1 is 1.11 bits per heavy atom. The van der Waals surface area contributed by atoms with Gasteiger partial charge in [-0.15, -0.1) is 5.10 Å². The normalized spacial score (nSPS) is 15.1. The number of benzene rings is 2. The van der Waals surface area contributed by atoms with Crippen molar-refractivity contribution in [1.29, 1.82) is 0 Å². The first-order valence-corrected chi connectivity index (χ1v) is 10.2. The lowest BCUT2D eigenvalue weighted by Crippen LogP contribution is -2.37. The van der Waals surface area contributed by atoms with Crippen LogP contribution in [-0.4, -0.2) is 45.6 Å². The van der Waals surface area contributed by atoms with Gasteiger partial charge in [0.15, 0.2) is 5.82 Å². The van der Waals surface area contributed by atoms with Crippen molar-refractivity contribution in [3.8, 4) is 17.1 Å². The van der Waals surface area contributed by atoms with Gasteiger partial charge < -0.3 is 4.74 Å². The van der Waals surface area contributed by atoms with Crippen molar-refractivity contribution < 1.29 is 4.74 Å². The summed E-state index contributed by atoms with van der Waals surface area (Å²) in [7, 11) is 0. The van der Waals surface area contributed by atoms with Gasteiger partial charge in [0.25, 0.3) is 0 Å². The van der Waals surface area contributed by atoms with Crippen LogP contribution in [0.5, 0.6) is 0 Å². The molecule has 4 rings (SSSR count). The highest BCUT2D eigenvalue weighted by Gasteiger charge is 2.20. The Kier molecular flexibility index (Phi) is 5.64. The molecule has 146 valence electrons. The van der Waals surface area contributed by atoms with E-state index in [-0.39, 0.29) is 0 Å². The molecule has 1 aromatic heterocycles. The summed E-state index contributed by atoms with van der Waals surface area (Å²) >= 11 is 12.4. The molecular formula is C21H23ClN4OS. The van der Waals surface area contributed by atoms with Crippen LogP contribution in [0.25, 0.3) is 17.1 Å². The molecule has 0 amide bonds. The van der Waals surface area contributed by atoms with Gasteiger partial charge in [0.2, 0.25) is 4.77 Å². The lowest BCUT2D eigenvalue weighted by Gasteiger charge is -2.26. The largest absolute Gasteiger partial charge is 0.379 e. The Morgan fingerprint density at radius 3 is 2.61 bits per heavy atom. The van der Waals surface area contributed by atoms with E-state index in [9.17, 15) is 0 Å². The zero-order chi connectivity index (χ0) is 19.7. The predicted octanol–water partition coefficient (Wildman–Crippen LogP) is 4.63. The molecular weight excluding hydrogens is 392 g/mol. The monoisotopic (exact) mass is 414 g/mol. The number of hydrogen-bond acceptors (Lipinski definition) is 4. The van der Waals surface area contributed by atoms with Gasteiger partial charge in [-0.3, -0.25) is 9.47 Å². The van der Waals surface area contributed by atoms with Crippen LogP contribution in [0.3, 0.4) is 0 Å². The molecule has 0 spiro atoms. The second kappa shape index (κ2) is 8.17. The van der Waals surface area contributed by atoms with Gasteiger partial charge >= 0.3 is 0 Å². The Bertz CT molecular complexity index is 1050. The van der Waals surface area contributed by atoms with Gasteiger partial charge in [-0.25, -0.2) is 4.68 Å². The first-order valence-electron chi connectivity index (χ1n) is 9.37. The summed E-state index contributed by atoms with van der Waals surface area (Å²) in [5.74, 6) is 0.762. The third-order valence-electron chi connectivity index (χ3n) is 5.00. The molecule has 28 heavy (non-hydrogen) atoms. The molecule has 1 saturated heterocycles. The maximum absolute atomic E-state index is 6.52. The molecule has 0 atom stereocenters. The second-order valence-corrected chi connectivity index (χ2v) is 7.86. The zero-order valence-electron chi connectivity index (χ0n) is 16.1. The van der Waals surface area contributed by atoms with Gasteiger partial charge in [-0.1, -0.05) is 35.9 Å². The van der Waals surface area contributed by atoms with Crippen molar-refractivity contribution >= 4 is 23.8 Å². The lowest BCUT2D eigenvalue weighted by molar-refractivity contribution is 0.0210. The Morgan fingerprint density at radius 2 is 1.86 bits per heavy atom. The maximum atomic E-state index is 6.52. The van der Waals surface area contributed by atoms with E-state index < -0.39 is 0 Å². The molecule has 5 nitrogen and oxygen atoms in total. The minimum absolute atomic E-state index is 0.636. The summed E-state index contributed by atoms with van der Waals surface area (Å²) in [4.78, 5) is 2.30. The lowest BCUT2D eigenvalue weighted by atomic mass is 10.1. The number of rotatable bonds is 4. The standard InChI is InChI=1S/C21H23ClN4OS/c1-15-7-8-16(2)19(13-15)26-20(17-5-3-4-6-18(17)22)23-25(21(26)28)14-24-9-11-27-12-10-24/h3-8,13H,9-12,14H2,1-2H3. The number of aromatic nitrogens is 3. The van der Waals surface area contributed by atoms with Crippen molar-refractivity contribution in [3.63, 3.8) is 0 Å². The summed E-state index contributed by atoms with van der Waals surface area (Å²) < 4.78 is 10.1. The van der Waals surface area contributed by atoms with Crippen LogP contribution in [0.2, 0.25) is 5.02 Å². The van der Waals surface area contributed by atoms with E-state index in [1.165, 1.54) is 5.56 Å². The number of ether oxygens (including phenoxy) is 1. The molecule has 3 aromatic rings. The summed E-state index contributed by atoms with van der Waals surface area (Å²) in [5, 5.41) is 5.55. The van der Waals surface area contributed by atoms with E-state index >= 15 is 0 Å². The van der Waals surface area contributed by atoms with Crippen LogP contribution >= 0.6 is 23.8 Å². The third-order valence-corrected chi connectivity index (χ3v) is 5.72. The summed E-state index contributed by atoms with van der Waals surface area (Å²) in [5.41, 5.74) is 4.22. The molecule has 0 bridgehead atoms. The van der Waals surface area contributed by atoms with Gasteiger partial charge in [0.05, 0.1) is 30.6 Å². The number of hydrogen-bond donors (Lipinski definition) is 0. The summed E-state index contributed by atoms with van der Waals surface area (Å²) in [6, 6.07) is 14.1. The second-order valence-electron chi connectivity index (χ2n) is 7.08. The van der Waals surface area contributed by atoms with Crippen LogP contribution in [0.4, 0.5) is 0 Å². The average Bonchev–Trinajstić information content (AvgIpc) is 3.01. The van der Waals surface area contributed by atoms with Gasteiger partial charge in [-0.2, -0.15) is 0 Å². The van der Waals surface area contributed by atoms with E-state index in [1.54, 1.807) is 0 Å². The molecule has 0 aliphatic carbocycles. The molecule has 1 aliphatic heterocycles. The molecule has 1 aliphatic rings. The molecule has 2 aromatic carbocycles. The minimum atomic E-state index is 0.636. The smallest absolute Gasteiger partial charge is 0.204 e. The summed E-state index contributed by atoms with van der Waals surface area (Å²) in [6.07, 6.45) is 0. The van der Waals surface area contributed by atoms with Crippen molar-refractivity contribution in [2.24, 2.45) is 0 Å². The highest BCUT2D eigenvalue weighted by Crippen LogP contribution is 2.30. The van der Waals surface area contributed by atoms with Crippen LogP contribution in [0, 0.1) is 18.6 Å². The quantitative estimate of drug-likeness (QED) is 0.583. The van der Waals surface area contributed by atoms with Crippen LogP contribution < -0.4 is 0 Å². The Labute approximate surface area is 175 Å². The fraction of sp³-hybridized carbons (Fsp3) is 0.333. The van der Waals surface area contributed by atoms with Gasteiger partial charge in [-0.05, 0) is 55.4 Å². The molecule has 1 fully saturated rings. The number of morpholine rings is 1. The molecule has 7 heteroatoms. The van der Waals surface area contributed by atoms with E-state index in [4.69, 9.17) is 33.7 Å². The first kappa shape index (κ1) is 19.3. The van der Waals surface area contributed by atoms with Crippen LogP contribution in [0.1, 0.15) is 11.1 Å². The molecule has 0 unspecified atom stereocenters. The fourth-order valence-corrected chi connectivity index (χ4v) is 3.93. The Hall–Kier alpha value is -1.99. The first-order chi connectivity index (χ1) is 13.5. The van der Waals surface area contributed by atoms with Crippen LogP contribution in [0.15, 0.2) is 42.5 Å². The van der Waals surface area contributed by atoms with Crippen molar-refractivity contribution in [2.45, 2.75) is 20.5 Å². The molecule has 0 saturated carbocycles. The van der Waals surface area contributed by atoms with E-state index in [0.717, 1.165) is 48.9 Å². The summed E-state index contributed by atoms with van der Waals surface area (Å²) in [6.45, 7) is 8.04. The Balaban J connectivity index is 1.88. The molecule has 0 radical (unpaired) electrons. The molecule has 0 N–H and O–H groups in total. The van der Waals surface area contributed by atoms with Gasteiger partial charge in [0, 0.05) is 18.7 Å². The fourth-order valence-electron chi connectivity index (χ4n) is 3.43. The van der Waals surface area contributed by atoms with Crippen molar-refractivity contribution in [1.82, 2.24) is 19.2 Å². The van der Waals surface area contributed by atoms with Crippen LogP contribution in [-0.2, 0) is 11.4 Å². The predicted molar refractivity (Wildman–Crippen MR) is 115 cm³/mol. The van der Waals surface area contributed by atoms with E-state index in [1.807, 2.05) is 33.5 Å². The average molecular weight is 415 g/mol. The van der Waals surface area contributed by atoms with E-state index in [0.29, 0.717) is 16.5 Å². The van der Waals surface area contributed by atoms with Crippen molar-refractivity contribution in [3.05, 3.63) is 63.4 Å². The highest BCUT2D eigenvalue weighted by molar-refractivity contribution is 7.71. The highest BCUT2D eigenvalue weighted by atomic mass is 35.5. The minimum Gasteiger partial charge on any atom is -0.379 e. The zero-order valence-corrected chi connectivity index (χ0v) is 17.6. The topological polar surface area (TPSA) is 35.2 Å². The van der Waals surface area contributed by atoms with Crippen molar-refractivity contribution in [2.75, 3.05) is 26.3 Å². The van der Waals surface area contributed by atoms with Gasteiger partial charge in [0.1, 0.15) is 0 Å². The SMILES string of the molecule is Cc1ccc(C)c(-n2c(-c3ccccc3Cl)nn(CN3CCOCC3)c2=S)c1. The third kappa shape index (κ3) is 3.78. The molecule has 2 heterocycles. The number of nitrogens with zero attached hydrogens (tertiary/aromatic N) is 4. The number of halogens is 1.